The largest absolute Gasteiger partial charge is 0.354 e. The maximum Gasteiger partial charge on any atom is 0.244 e. The first-order chi connectivity index (χ1) is 9.95. The lowest BCUT2D eigenvalue weighted by atomic mass is 10.2. The van der Waals surface area contributed by atoms with Gasteiger partial charge >= 0.3 is 0 Å². The van der Waals surface area contributed by atoms with Gasteiger partial charge < -0.3 is 10.6 Å². The third-order valence-electron chi connectivity index (χ3n) is 2.70. The predicted octanol–water partition coefficient (Wildman–Crippen LogP) is 2.52. The summed E-state index contributed by atoms with van der Waals surface area (Å²) in [5, 5.41) is 5.38. The van der Waals surface area contributed by atoms with Gasteiger partial charge in [-0.15, -0.1) is 0 Å². The topological polar surface area (TPSA) is 58.2 Å². The zero-order valence-electron chi connectivity index (χ0n) is 12.0. The van der Waals surface area contributed by atoms with Crippen LogP contribution in [0.5, 0.6) is 0 Å². The standard InChI is InChI=1S/C15H18ClFN2O2/c1-3-9-18-15(21)10(2)19-14(20)8-7-11-12(16)5-4-6-13(11)17/h4-8,10H,3,9H2,1-2H3,(H,18,21)(H,19,20)/b8-7+/t10-/m0/s1. The molecule has 4 nitrogen and oxygen atoms in total. The van der Waals surface area contributed by atoms with Gasteiger partial charge in [0.2, 0.25) is 11.8 Å². The van der Waals surface area contributed by atoms with E-state index >= 15 is 0 Å². The lowest BCUT2D eigenvalue weighted by Crippen LogP contribution is -2.44. The van der Waals surface area contributed by atoms with Crippen molar-refractivity contribution < 1.29 is 14.0 Å². The first-order valence-corrected chi connectivity index (χ1v) is 7.03. The molecule has 0 spiro atoms. The lowest BCUT2D eigenvalue weighted by Gasteiger charge is -2.12. The molecule has 1 aromatic carbocycles. The van der Waals surface area contributed by atoms with E-state index in [2.05, 4.69) is 10.6 Å². The molecule has 1 atom stereocenters. The SMILES string of the molecule is CCCNC(=O)[C@H](C)NC(=O)/C=C/c1c(F)cccc1Cl. The fraction of sp³-hybridized carbons (Fsp3) is 0.333. The summed E-state index contributed by atoms with van der Waals surface area (Å²) < 4.78 is 13.5. The molecule has 1 rings (SSSR count). The molecule has 0 saturated heterocycles. The normalized spacial score (nSPS) is 12.2. The number of hydrogen-bond acceptors (Lipinski definition) is 2. The van der Waals surface area contributed by atoms with Crippen LogP contribution in [0.15, 0.2) is 24.3 Å². The van der Waals surface area contributed by atoms with E-state index in [0.29, 0.717) is 6.54 Å². The molecule has 0 heterocycles. The zero-order chi connectivity index (χ0) is 15.8. The zero-order valence-corrected chi connectivity index (χ0v) is 12.7. The minimum absolute atomic E-state index is 0.136. The average Bonchev–Trinajstić information content (AvgIpc) is 2.44. The fourth-order valence-electron chi connectivity index (χ4n) is 1.56. The van der Waals surface area contributed by atoms with Crippen LogP contribution in [-0.4, -0.2) is 24.4 Å². The molecule has 0 bridgehead atoms. The first kappa shape index (κ1) is 17.2. The number of halogens is 2. The maximum absolute atomic E-state index is 13.5. The van der Waals surface area contributed by atoms with E-state index in [4.69, 9.17) is 11.6 Å². The first-order valence-electron chi connectivity index (χ1n) is 6.66. The van der Waals surface area contributed by atoms with Crippen molar-refractivity contribution in [1.82, 2.24) is 10.6 Å². The van der Waals surface area contributed by atoms with Gasteiger partial charge in [-0.1, -0.05) is 24.6 Å². The second-order valence-corrected chi connectivity index (χ2v) is 4.90. The van der Waals surface area contributed by atoms with Gasteiger partial charge in [0.25, 0.3) is 0 Å². The summed E-state index contributed by atoms with van der Waals surface area (Å²) in [5.41, 5.74) is 0.136. The van der Waals surface area contributed by atoms with E-state index < -0.39 is 17.8 Å². The Labute approximate surface area is 128 Å². The molecule has 2 amide bonds. The van der Waals surface area contributed by atoms with E-state index in [1.807, 2.05) is 6.92 Å². The van der Waals surface area contributed by atoms with Crippen molar-refractivity contribution in [2.24, 2.45) is 0 Å². The van der Waals surface area contributed by atoms with E-state index in [-0.39, 0.29) is 16.5 Å². The highest BCUT2D eigenvalue weighted by atomic mass is 35.5. The molecular weight excluding hydrogens is 295 g/mol. The quantitative estimate of drug-likeness (QED) is 0.793. The Morgan fingerprint density at radius 1 is 1.43 bits per heavy atom. The molecule has 0 saturated carbocycles. The molecule has 0 aliphatic heterocycles. The molecule has 21 heavy (non-hydrogen) atoms. The van der Waals surface area contributed by atoms with Crippen LogP contribution in [0.3, 0.4) is 0 Å². The van der Waals surface area contributed by atoms with Gasteiger partial charge in [-0.05, 0) is 31.6 Å². The number of amides is 2. The van der Waals surface area contributed by atoms with Gasteiger partial charge in [0.05, 0.1) is 5.02 Å². The summed E-state index contributed by atoms with van der Waals surface area (Å²) in [6, 6.07) is 3.60. The van der Waals surface area contributed by atoms with Crippen LogP contribution in [-0.2, 0) is 9.59 Å². The van der Waals surface area contributed by atoms with E-state index in [0.717, 1.165) is 12.5 Å². The number of benzene rings is 1. The number of nitrogens with one attached hydrogen (secondary N) is 2. The molecule has 0 aromatic heterocycles. The average molecular weight is 313 g/mol. The third kappa shape index (κ3) is 5.55. The molecule has 6 heteroatoms. The minimum Gasteiger partial charge on any atom is -0.354 e. The van der Waals surface area contributed by atoms with Crippen LogP contribution in [0.25, 0.3) is 6.08 Å². The summed E-state index contributed by atoms with van der Waals surface area (Å²) >= 11 is 5.84. The molecular formula is C15H18ClFN2O2. The van der Waals surface area contributed by atoms with Gasteiger partial charge in [0.1, 0.15) is 11.9 Å². The minimum atomic E-state index is -0.662. The monoisotopic (exact) mass is 312 g/mol. The summed E-state index contributed by atoms with van der Waals surface area (Å²) in [7, 11) is 0. The van der Waals surface area contributed by atoms with Gasteiger partial charge in [0.15, 0.2) is 0 Å². The van der Waals surface area contributed by atoms with Crippen molar-refractivity contribution in [2.75, 3.05) is 6.54 Å². The molecule has 2 N–H and O–H groups in total. The summed E-state index contributed by atoms with van der Waals surface area (Å²) in [6.45, 7) is 4.07. The Balaban J connectivity index is 2.61. The van der Waals surface area contributed by atoms with Crippen LogP contribution in [0, 0.1) is 5.82 Å². The fourth-order valence-corrected chi connectivity index (χ4v) is 1.78. The van der Waals surface area contributed by atoms with Crippen LogP contribution in [0.1, 0.15) is 25.8 Å². The van der Waals surface area contributed by atoms with E-state index in [1.165, 1.54) is 24.3 Å². The highest BCUT2D eigenvalue weighted by Gasteiger charge is 2.13. The molecule has 1 aromatic rings. The number of carbonyl (C=O) groups is 2. The Kier molecular flexibility index (Phi) is 6.88. The summed E-state index contributed by atoms with van der Waals surface area (Å²) in [5.74, 6) is -1.27. The predicted molar refractivity (Wildman–Crippen MR) is 81.3 cm³/mol. The van der Waals surface area contributed by atoms with Gasteiger partial charge in [0, 0.05) is 18.2 Å². The van der Waals surface area contributed by atoms with Crippen LogP contribution >= 0.6 is 11.6 Å². The van der Waals surface area contributed by atoms with Crippen LogP contribution in [0.4, 0.5) is 4.39 Å². The van der Waals surface area contributed by atoms with Crippen molar-refractivity contribution in [2.45, 2.75) is 26.3 Å². The third-order valence-corrected chi connectivity index (χ3v) is 3.03. The molecule has 0 fully saturated rings. The van der Waals surface area contributed by atoms with Crippen LogP contribution < -0.4 is 10.6 Å². The molecule has 0 aliphatic carbocycles. The number of rotatable bonds is 6. The summed E-state index contributed by atoms with van der Waals surface area (Å²) in [6.07, 6.45) is 3.25. The highest BCUT2D eigenvalue weighted by Crippen LogP contribution is 2.20. The smallest absolute Gasteiger partial charge is 0.244 e. The number of carbonyl (C=O) groups excluding carboxylic acids is 2. The van der Waals surface area contributed by atoms with Crippen LogP contribution in [0.2, 0.25) is 5.02 Å². The second kappa shape index (κ2) is 8.42. The highest BCUT2D eigenvalue weighted by molar-refractivity contribution is 6.32. The molecule has 0 radical (unpaired) electrons. The lowest BCUT2D eigenvalue weighted by molar-refractivity contribution is -0.126. The van der Waals surface area contributed by atoms with Crippen molar-refractivity contribution in [3.8, 4) is 0 Å². The summed E-state index contributed by atoms with van der Waals surface area (Å²) in [4.78, 5) is 23.3. The molecule has 0 aliphatic rings. The number of hydrogen-bond donors (Lipinski definition) is 2. The Hall–Kier alpha value is -1.88. The maximum atomic E-state index is 13.5. The van der Waals surface area contributed by atoms with Gasteiger partial charge in [-0.25, -0.2) is 4.39 Å². The Morgan fingerprint density at radius 2 is 2.14 bits per heavy atom. The molecule has 114 valence electrons. The van der Waals surface area contributed by atoms with Crippen molar-refractivity contribution in [3.05, 3.63) is 40.7 Å². The second-order valence-electron chi connectivity index (χ2n) is 4.49. The van der Waals surface area contributed by atoms with E-state index in [1.54, 1.807) is 6.92 Å². The van der Waals surface area contributed by atoms with Gasteiger partial charge in [-0.2, -0.15) is 0 Å². The van der Waals surface area contributed by atoms with Crippen molar-refractivity contribution in [3.63, 3.8) is 0 Å². The van der Waals surface area contributed by atoms with E-state index in [9.17, 15) is 14.0 Å². The Bertz CT molecular complexity index is 526. The molecule has 0 unspecified atom stereocenters. The Morgan fingerprint density at radius 3 is 2.76 bits per heavy atom. The van der Waals surface area contributed by atoms with Gasteiger partial charge in [-0.3, -0.25) is 9.59 Å². The van der Waals surface area contributed by atoms with Crippen molar-refractivity contribution >= 4 is 29.5 Å². The van der Waals surface area contributed by atoms with Crippen molar-refractivity contribution in [1.29, 1.82) is 0 Å².